The van der Waals surface area contributed by atoms with Gasteiger partial charge in [-0.15, -0.1) is 10.2 Å². The second-order valence-electron chi connectivity index (χ2n) is 7.75. The molecule has 6 heteroatoms. The summed E-state index contributed by atoms with van der Waals surface area (Å²) in [4.78, 5) is 12.7. The fourth-order valence-electron chi connectivity index (χ4n) is 3.94. The summed E-state index contributed by atoms with van der Waals surface area (Å²) in [7, 11) is 0. The molecule has 1 aliphatic carbocycles. The number of nitrogens with one attached hydrogen (secondary N) is 1. The molecule has 0 bridgehead atoms. The van der Waals surface area contributed by atoms with E-state index in [0.717, 1.165) is 30.7 Å². The molecule has 1 N–H and O–H groups in total. The van der Waals surface area contributed by atoms with Crippen LogP contribution in [0.4, 0.5) is 0 Å². The quantitative estimate of drug-likeness (QED) is 0.499. The molecule has 1 heterocycles. The first kappa shape index (κ1) is 20.7. The lowest BCUT2D eigenvalue weighted by molar-refractivity contribution is -0.119. The third kappa shape index (κ3) is 5.72. The van der Waals surface area contributed by atoms with Crippen LogP contribution >= 0.6 is 11.8 Å². The van der Waals surface area contributed by atoms with Gasteiger partial charge in [-0.2, -0.15) is 0 Å². The predicted octanol–water partition coefficient (Wildman–Crippen LogP) is 5.31. The lowest BCUT2D eigenvalue weighted by Crippen LogP contribution is -2.31. The van der Waals surface area contributed by atoms with Gasteiger partial charge in [-0.05, 0) is 30.4 Å². The van der Waals surface area contributed by atoms with E-state index in [2.05, 4.69) is 39.8 Å². The fourth-order valence-corrected chi connectivity index (χ4v) is 4.52. The highest BCUT2D eigenvalue weighted by Crippen LogP contribution is 2.33. The Balaban J connectivity index is 1.35. The maximum Gasteiger partial charge on any atom is 0.277 e. The number of rotatable bonds is 8. The van der Waals surface area contributed by atoms with E-state index in [9.17, 15) is 4.79 Å². The number of hydrogen-bond acceptors (Lipinski definition) is 5. The van der Waals surface area contributed by atoms with Gasteiger partial charge in [-0.1, -0.05) is 91.7 Å². The molecule has 3 aromatic rings. The molecule has 0 saturated heterocycles. The molecule has 0 aliphatic heterocycles. The first-order chi connectivity index (χ1) is 14.8. The Morgan fingerprint density at radius 3 is 2.43 bits per heavy atom. The van der Waals surface area contributed by atoms with Crippen LogP contribution < -0.4 is 5.32 Å². The first-order valence-corrected chi connectivity index (χ1v) is 11.6. The van der Waals surface area contributed by atoms with Crippen LogP contribution in [0.2, 0.25) is 0 Å². The number of carbonyl (C=O) groups is 1. The molecule has 1 unspecified atom stereocenters. The Bertz CT molecular complexity index is 924. The minimum atomic E-state index is -0.0813. The van der Waals surface area contributed by atoms with Gasteiger partial charge in [-0.3, -0.25) is 4.79 Å². The number of thioether (sulfide) groups is 1. The average Bonchev–Trinajstić information content (AvgIpc) is 3.28. The van der Waals surface area contributed by atoms with Gasteiger partial charge >= 0.3 is 0 Å². The van der Waals surface area contributed by atoms with Crippen LogP contribution in [0.3, 0.4) is 0 Å². The zero-order chi connectivity index (χ0) is 20.6. The smallest absolute Gasteiger partial charge is 0.277 e. The SMILES string of the molecule is O=C(CSc1nnc(C2CCCCC2)o1)NC(Cc1ccccc1)c1ccccc1. The molecule has 0 radical (unpaired) electrons. The van der Waals surface area contributed by atoms with Crippen molar-refractivity contribution in [2.75, 3.05) is 5.75 Å². The molecule has 1 atom stereocenters. The molecule has 2 aromatic carbocycles. The lowest BCUT2D eigenvalue weighted by Gasteiger charge is -2.19. The largest absolute Gasteiger partial charge is 0.416 e. The van der Waals surface area contributed by atoms with Crippen molar-refractivity contribution < 1.29 is 9.21 Å². The Morgan fingerprint density at radius 1 is 1.00 bits per heavy atom. The van der Waals surface area contributed by atoms with Crippen LogP contribution in [0.1, 0.15) is 61.1 Å². The molecule has 0 spiro atoms. The van der Waals surface area contributed by atoms with Crippen molar-refractivity contribution in [1.82, 2.24) is 15.5 Å². The topological polar surface area (TPSA) is 68.0 Å². The van der Waals surface area contributed by atoms with E-state index in [1.807, 2.05) is 36.4 Å². The highest BCUT2D eigenvalue weighted by atomic mass is 32.2. The Hall–Kier alpha value is -2.60. The normalized spacial score (nSPS) is 15.6. The second kappa shape index (κ2) is 10.4. The van der Waals surface area contributed by atoms with Crippen LogP contribution in [0.5, 0.6) is 0 Å². The maximum atomic E-state index is 12.7. The Morgan fingerprint density at radius 2 is 1.70 bits per heavy atom. The first-order valence-electron chi connectivity index (χ1n) is 10.6. The van der Waals surface area contributed by atoms with Gasteiger partial charge in [0.1, 0.15) is 0 Å². The Labute approximate surface area is 181 Å². The van der Waals surface area contributed by atoms with E-state index in [-0.39, 0.29) is 17.7 Å². The molecule has 1 amide bonds. The average molecular weight is 422 g/mol. The molecule has 156 valence electrons. The molecular formula is C24H27N3O2S. The molecule has 1 saturated carbocycles. The van der Waals surface area contributed by atoms with Crippen LogP contribution in [0.15, 0.2) is 70.3 Å². The van der Waals surface area contributed by atoms with E-state index in [0.29, 0.717) is 11.1 Å². The minimum Gasteiger partial charge on any atom is -0.416 e. The number of hydrogen-bond donors (Lipinski definition) is 1. The number of carbonyl (C=O) groups excluding carboxylic acids is 1. The van der Waals surface area contributed by atoms with Crippen LogP contribution in [-0.2, 0) is 11.2 Å². The van der Waals surface area contributed by atoms with E-state index in [4.69, 9.17) is 4.42 Å². The van der Waals surface area contributed by atoms with Crippen molar-refractivity contribution in [3.63, 3.8) is 0 Å². The van der Waals surface area contributed by atoms with Crippen LogP contribution in [-0.4, -0.2) is 21.9 Å². The summed E-state index contributed by atoms with van der Waals surface area (Å²) in [6, 6.07) is 20.2. The highest BCUT2D eigenvalue weighted by Gasteiger charge is 2.22. The second-order valence-corrected chi connectivity index (χ2v) is 8.68. The lowest BCUT2D eigenvalue weighted by atomic mass is 9.89. The summed E-state index contributed by atoms with van der Waals surface area (Å²) in [5.41, 5.74) is 2.28. The zero-order valence-electron chi connectivity index (χ0n) is 17.0. The number of nitrogens with zero attached hydrogens (tertiary/aromatic N) is 2. The highest BCUT2D eigenvalue weighted by molar-refractivity contribution is 7.99. The summed E-state index contributed by atoms with van der Waals surface area (Å²) >= 11 is 1.30. The van der Waals surface area contributed by atoms with Crippen molar-refractivity contribution in [1.29, 1.82) is 0 Å². The maximum absolute atomic E-state index is 12.7. The molecule has 5 nitrogen and oxygen atoms in total. The summed E-state index contributed by atoms with van der Waals surface area (Å²) in [6.45, 7) is 0. The zero-order valence-corrected chi connectivity index (χ0v) is 17.8. The molecule has 1 aliphatic rings. The summed E-state index contributed by atoms with van der Waals surface area (Å²) in [5.74, 6) is 1.32. The molecule has 4 rings (SSSR count). The standard InChI is InChI=1S/C24H27N3O2S/c28-22(17-30-24-27-26-23(29-24)20-14-8-3-9-15-20)25-21(19-12-6-2-7-13-19)16-18-10-4-1-5-11-18/h1-2,4-7,10-13,20-21H,3,8-9,14-17H2,(H,25,28). The van der Waals surface area contributed by atoms with E-state index < -0.39 is 0 Å². The van der Waals surface area contributed by atoms with E-state index in [1.165, 1.54) is 36.6 Å². The van der Waals surface area contributed by atoms with Crippen molar-refractivity contribution in [3.05, 3.63) is 77.7 Å². The van der Waals surface area contributed by atoms with Gasteiger partial charge < -0.3 is 9.73 Å². The van der Waals surface area contributed by atoms with Gasteiger partial charge in [0.15, 0.2) is 0 Å². The molecular weight excluding hydrogens is 394 g/mol. The third-order valence-electron chi connectivity index (χ3n) is 5.52. The van der Waals surface area contributed by atoms with Gasteiger partial charge in [0.05, 0.1) is 11.8 Å². The monoisotopic (exact) mass is 421 g/mol. The van der Waals surface area contributed by atoms with Crippen molar-refractivity contribution in [3.8, 4) is 0 Å². The van der Waals surface area contributed by atoms with E-state index in [1.54, 1.807) is 0 Å². The number of aromatic nitrogens is 2. The predicted molar refractivity (Wildman–Crippen MR) is 118 cm³/mol. The fraction of sp³-hybridized carbons (Fsp3) is 0.375. The van der Waals surface area contributed by atoms with Gasteiger partial charge in [0, 0.05) is 5.92 Å². The summed E-state index contributed by atoms with van der Waals surface area (Å²) in [5, 5.41) is 12.0. The summed E-state index contributed by atoms with van der Waals surface area (Å²) in [6.07, 6.45) is 6.71. The number of amides is 1. The van der Waals surface area contributed by atoms with Gasteiger partial charge in [0.25, 0.3) is 5.22 Å². The molecule has 1 aromatic heterocycles. The minimum absolute atomic E-state index is 0.0396. The van der Waals surface area contributed by atoms with Crippen molar-refractivity contribution in [2.24, 2.45) is 0 Å². The molecule has 1 fully saturated rings. The van der Waals surface area contributed by atoms with Gasteiger partial charge in [0.2, 0.25) is 11.8 Å². The van der Waals surface area contributed by atoms with Crippen LogP contribution in [0, 0.1) is 0 Å². The van der Waals surface area contributed by atoms with Crippen molar-refractivity contribution in [2.45, 2.75) is 55.7 Å². The van der Waals surface area contributed by atoms with Crippen molar-refractivity contribution >= 4 is 17.7 Å². The summed E-state index contributed by atoms with van der Waals surface area (Å²) < 4.78 is 5.82. The van der Waals surface area contributed by atoms with Crippen LogP contribution in [0.25, 0.3) is 0 Å². The number of benzene rings is 2. The third-order valence-corrected chi connectivity index (χ3v) is 6.34. The van der Waals surface area contributed by atoms with E-state index >= 15 is 0 Å². The molecule has 30 heavy (non-hydrogen) atoms. The van der Waals surface area contributed by atoms with Gasteiger partial charge in [-0.25, -0.2) is 0 Å². The Kier molecular flexibility index (Phi) is 7.19.